The average molecular weight is 249 g/mol. The van der Waals surface area contributed by atoms with Crippen molar-refractivity contribution in [2.75, 3.05) is 19.7 Å². The van der Waals surface area contributed by atoms with Crippen molar-refractivity contribution in [2.24, 2.45) is 5.73 Å². The van der Waals surface area contributed by atoms with Crippen LogP contribution >= 0.6 is 0 Å². The zero-order chi connectivity index (χ0) is 13.5. The van der Waals surface area contributed by atoms with E-state index in [-0.39, 0.29) is 18.3 Å². The predicted octanol–water partition coefficient (Wildman–Crippen LogP) is 1.22. The fourth-order valence-electron chi connectivity index (χ4n) is 1.54. The summed E-state index contributed by atoms with van der Waals surface area (Å²) in [5, 5.41) is 7.26. The Hall–Kier alpha value is -2.04. The molecule has 5 nitrogen and oxygen atoms in total. The normalized spacial score (nSPS) is 9.89. The molecule has 0 spiro atoms. The number of ether oxygens (including phenoxy) is 1. The number of nitrogen functional groups attached to an aromatic ring is 1. The van der Waals surface area contributed by atoms with E-state index in [2.05, 4.69) is 0 Å². The summed E-state index contributed by atoms with van der Waals surface area (Å²) in [7, 11) is 0. The maximum Gasteiger partial charge on any atom is 0.260 e. The second-order valence-electron chi connectivity index (χ2n) is 3.79. The molecule has 0 radical (unpaired) electrons. The highest BCUT2D eigenvalue weighted by molar-refractivity contribution is 5.94. The Labute approximate surface area is 107 Å². The Morgan fingerprint density at radius 3 is 2.28 bits per heavy atom. The van der Waals surface area contributed by atoms with Gasteiger partial charge in [0.15, 0.2) is 6.61 Å². The summed E-state index contributed by atoms with van der Waals surface area (Å²) in [5.74, 6) is 0.580. The van der Waals surface area contributed by atoms with E-state index < -0.39 is 0 Å². The van der Waals surface area contributed by atoms with E-state index in [0.717, 1.165) is 0 Å². The lowest BCUT2D eigenvalue weighted by atomic mass is 10.2. The molecule has 0 aliphatic carbocycles. The van der Waals surface area contributed by atoms with Crippen LogP contribution in [-0.4, -0.2) is 36.3 Å². The van der Waals surface area contributed by atoms with Crippen molar-refractivity contribution >= 4 is 11.7 Å². The molecule has 0 unspecified atom stereocenters. The minimum Gasteiger partial charge on any atom is -0.484 e. The monoisotopic (exact) mass is 249 g/mol. The summed E-state index contributed by atoms with van der Waals surface area (Å²) in [5.41, 5.74) is 5.98. The molecule has 0 aromatic heterocycles. The van der Waals surface area contributed by atoms with Gasteiger partial charge in [-0.25, -0.2) is 0 Å². The molecule has 98 valence electrons. The molecule has 0 fully saturated rings. The van der Waals surface area contributed by atoms with Crippen molar-refractivity contribution in [3.8, 4) is 5.75 Å². The minimum absolute atomic E-state index is 0.0146. The fraction of sp³-hybridized carbons (Fsp3) is 0.385. The zero-order valence-corrected chi connectivity index (χ0v) is 10.8. The molecule has 0 bridgehead atoms. The Morgan fingerprint density at radius 2 is 1.83 bits per heavy atom. The van der Waals surface area contributed by atoms with Gasteiger partial charge < -0.3 is 15.4 Å². The van der Waals surface area contributed by atoms with Crippen LogP contribution in [0.1, 0.15) is 19.4 Å². The van der Waals surface area contributed by atoms with Crippen LogP contribution in [0.5, 0.6) is 5.75 Å². The van der Waals surface area contributed by atoms with E-state index in [1.54, 1.807) is 29.2 Å². The van der Waals surface area contributed by atoms with Gasteiger partial charge in [-0.1, -0.05) is 0 Å². The van der Waals surface area contributed by atoms with Crippen LogP contribution in [0.4, 0.5) is 0 Å². The highest BCUT2D eigenvalue weighted by Gasteiger charge is 2.09. The SMILES string of the molecule is CCN(CC)C(=O)COc1ccc(C(=N)N)cc1. The number of likely N-dealkylation sites (N-methyl/N-ethyl adjacent to an activating group) is 1. The van der Waals surface area contributed by atoms with E-state index in [0.29, 0.717) is 24.4 Å². The number of nitrogens with one attached hydrogen (secondary N) is 1. The number of amides is 1. The highest BCUT2D eigenvalue weighted by atomic mass is 16.5. The van der Waals surface area contributed by atoms with Gasteiger partial charge in [-0.05, 0) is 38.1 Å². The molecule has 3 N–H and O–H groups in total. The number of amidine groups is 1. The zero-order valence-electron chi connectivity index (χ0n) is 10.8. The van der Waals surface area contributed by atoms with Crippen molar-refractivity contribution in [2.45, 2.75) is 13.8 Å². The third-order valence-electron chi connectivity index (χ3n) is 2.64. The molecule has 5 heteroatoms. The molecule has 0 heterocycles. The first kappa shape index (κ1) is 14.0. The fourth-order valence-corrected chi connectivity index (χ4v) is 1.54. The molecular weight excluding hydrogens is 230 g/mol. The molecule has 18 heavy (non-hydrogen) atoms. The molecule has 1 aromatic rings. The number of hydrogen-bond donors (Lipinski definition) is 2. The third kappa shape index (κ3) is 3.76. The highest BCUT2D eigenvalue weighted by Crippen LogP contribution is 2.11. The van der Waals surface area contributed by atoms with E-state index in [9.17, 15) is 4.79 Å². The van der Waals surface area contributed by atoms with Gasteiger partial charge in [-0.3, -0.25) is 10.2 Å². The van der Waals surface area contributed by atoms with Crippen LogP contribution in [0.3, 0.4) is 0 Å². The van der Waals surface area contributed by atoms with Gasteiger partial charge in [0, 0.05) is 18.7 Å². The first-order valence-corrected chi connectivity index (χ1v) is 5.93. The van der Waals surface area contributed by atoms with Crippen LogP contribution in [0.25, 0.3) is 0 Å². The average Bonchev–Trinajstić information content (AvgIpc) is 2.38. The lowest BCUT2D eigenvalue weighted by Crippen LogP contribution is -2.34. The van der Waals surface area contributed by atoms with Gasteiger partial charge in [-0.15, -0.1) is 0 Å². The quantitative estimate of drug-likeness (QED) is 0.587. The Bertz CT molecular complexity index is 411. The van der Waals surface area contributed by atoms with Gasteiger partial charge in [0.05, 0.1) is 0 Å². The maximum absolute atomic E-state index is 11.7. The number of rotatable bonds is 6. The molecular formula is C13H19N3O2. The van der Waals surface area contributed by atoms with Crippen molar-refractivity contribution in [1.29, 1.82) is 5.41 Å². The maximum atomic E-state index is 11.7. The van der Waals surface area contributed by atoms with Crippen molar-refractivity contribution in [1.82, 2.24) is 4.90 Å². The topological polar surface area (TPSA) is 79.4 Å². The van der Waals surface area contributed by atoms with Gasteiger partial charge >= 0.3 is 0 Å². The molecule has 1 aromatic carbocycles. The molecule has 0 atom stereocenters. The van der Waals surface area contributed by atoms with Crippen molar-refractivity contribution in [3.05, 3.63) is 29.8 Å². The van der Waals surface area contributed by atoms with Gasteiger partial charge in [0.2, 0.25) is 0 Å². The van der Waals surface area contributed by atoms with Crippen LogP contribution in [-0.2, 0) is 4.79 Å². The van der Waals surface area contributed by atoms with E-state index in [1.807, 2.05) is 13.8 Å². The summed E-state index contributed by atoms with van der Waals surface area (Å²) in [6, 6.07) is 6.79. The number of nitrogens with zero attached hydrogens (tertiary/aromatic N) is 1. The molecule has 0 saturated carbocycles. The third-order valence-corrected chi connectivity index (χ3v) is 2.64. The number of benzene rings is 1. The molecule has 0 saturated heterocycles. The number of nitrogens with two attached hydrogens (primary N) is 1. The standard InChI is InChI=1S/C13H19N3O2/c1-3-16(4-2)12(17)9-18-11-7-5-10(6-8-11)13(14)15/h5-8H,3-4,9H2,1-2H3,(H3,14,15). The Kier molecular flexibility index (Phi) is 5.17. The molecule has 0 aliphatic heterocycles. The summed E-state index contributed by atoms with van der Waals surface area (Å²) < 4.78 is 5.38. The lowest BCUT2D eigenvalue weighted by molar-refractivity contribution is -0.132. The van der Waals surface area contributed by atoms with Gasteiger partial charge in [0.1, 0.15) is 11.6 Å². The van der Waals surface area contributed by atoms with E-state index in [4.69, 9.17) is 15.9 Å². The summed E-state index contributed by atoms with van der Waals surface area (Å²) >= 11 is 0. The lowest BCUT2D eigenvalue weighted by Gasteiger charge is -2.18. The predicted molar refractivity (Wildman–Crippen MR) is 70.9 cm³/mol. The number of hydrogen-bond acceptors (Lipinski definition) is 3. The smallest absolute Gasteiger partial charge is 0.260 e. The second kappa shape index (κ2) is 6.64. The Morgan fingerprint density at radius 1 is 1.28 bits per heavy atom. The van der Waals surface area contributed by atoms with Crippen LogP contribution in [0, 0.1) is 5.41 Å². The summed E-state index contributed by atoms with van der Waals surface area (Å²) in [4.78, 5) is 13.4. The van der Waals surface area contributed by atoms with E-state index in [1.165, 1.54) is 0 Å². The molecule has 1 rings (SSSR count). The first-order valence-electron chi connectivity index (χ1n) is 5.93. The van der Waals surface area contributed by atoms with Crippen molar-refractivity contribution in [3.63, 3.8) is 0 Å². The second-order valence-corrected chi connectivity index (χ2v) is 3.79. The van der Waals surface area contributed by atoms with Gasteiger partial charge in [-0.2, -0.15) is 0 Å². The Balaban J connectivity index is 2.53. The largest absolute Gasteiger partial charge is 0.484 e. The number of carbonyl (C=O) groups is 1. The van der Waals surface area contributed by atoms with Crippen LogP contribution in [0.2, 0.25) is 0 Å². The van der Waals surface area contributed by atoms with E-state index >= 15 is 0 Å². The molecule has 0 aliphatic rings. The van der Waals surface area contributed by atoms with Crippen LogP contribution in [0.15, 0.2) is 24.3 Å². The van der Waals surface area contributed by atoms with Gasteiger partial charge in [0.25, 0.3) is 5.91 Å². The first-order chi connectivity index (χ1) is 8.58. The number of carbonyl (C=O) groups excluding carboxylic acids is 1. The molecule has 1 amide bonds. The summed E-state index contributed by atoms with van der Waals surface area (Å²) in [6.07, 6.45) is 0. The summed E-state index contributed by atoms with van der Waals surface area (Å²) in [6.45, 7) is 5.26. The minimum atomic E-state index is -0.0318. The van der Waals surface area contributed by atoms with Crippen molar-refractivity contribution < 1.29 is 9.53 Å². The van der Waals surface area contributed by atoms with Crippen LogP contribution < -0.4 is 10.5 Å².